The van der Waals surface area contributed by atoms with Crippen LogP contribution in [0.2, 0.25) is 0 Å². The van der Waals surface area contributed by atoms with Crippen molar-refractivity contribution in [2.24, 2.45) is 0 Å². The molecule has 0 aliphatic rings. The Hall–Kier alpha value is -3.55. The SMILES string of the molecule is Cc1c(F)cc(OC(CCN(C)c2ccc([N+](=O)[O-])cc2)c2ccccc2)c(F)c1F. The van der Waals surface area contributed by atoms with E-state index in [0.29, 0.717) is 13.0 Å². The van der Waals surface area contributed by atoms with Crippen LogP contribution in [0.4, 0.5) is 24.5 Å². The standard InChI is InChI=1S/C23H21F3N2O3/c1-15-19(24)14-21(23(26)22(15)25)31-20(16-6-4-3-5-7-16)12-13-27(2)17-8-10-18(11-9-17)28(29)30/h3-11,14,20H,12-13H2,1-2H3. The third-order valence-corrected chi connectivity index (χ3v) is 5.02. The van der Waals surface area contributed by atoms with Gasteiger partial charge in [-0.25, -0.2) is 8.78 Å². The zero-order valence-electron chi connectivity index (χ0n) is 17.0. The fourth-order valence-electron chi connectivity index (χ4n) is 3.13. The van der Waals surface area contributed by atoms with Crippen LogP contribution < -0.4 is 9.64 Å². The summed E-state index contributed by atoms with van der Waals surface area (Å²) in [6.07, 6.45) is -0.300. The first-order valence-electron chi connectivity index (χ1n) is 9.59. The van der Waals surface area contributed by atoms with E-state index in [1.807, 2.05) is 11.0 Å². The quantitative estimate of drug-likeness (QED) is 0.251. The molecule has 3 rings (SSSR count). The number of nitro benzene ring substituents is 1. The molecule has 1 atom stereocenters. The van der Waals surface area contributed by atoms with Gasteiger partial charge in [0.25, 0.3) is 5.69 Å². The molecule has 3 aromatic carbocycles. The monoisotopic (exact) mass is 430 g/mol. The molecule has 0 saturated heterocycles. The van der Waals surface area contributed by atoms with Gasteiger partial charge in [-0.3, -0.25) is 10.1 Å². The number of nitrogens with zero attached hydrogens (tertiary/aromatic N) is 2. The van der Waals surface area contributed by atoms with Gasteiger partial charge in [-0.2, -0.15) is 4.39 Å². The summed E-state index contributed by atoms with van der Waals surface area (Å²) in [4.78, 5) is 12.2. The largest absolute Gasteiger partial charge is 0.482 e. The van der Waals surface area contributed by atoms with Crippen molar-refractivity contribution in [1.29, 1.82) is 0 Å². The lowest BCUT2D eigenvalue weighted by atomic mass is 10.1. The average Bonchev–Trinajstić information content (AvgIpc) is 2.78. The van der Waals surface area contributed by atoms with Crippen LogP contribution in [0.3, 0.4) is 0 Å². The Balaban J connectivity index is 1.80. The molecule has 1 unspecified atom stereocenters. The van der Waals surface area contributed by atoms with Gasteiger partial charge in [-0.1, -0.05) is 30.3 Å². The smallest absolute Gasteiger partial charge is 0.269 e. The van der Waals surface area contributed by atoms with E-state index in [-0.39, 0.29) is 5.69 Å². The molecule has 3 aromatic rings. The van der Waals surface area contributed by atoms with Crippen LogP contribution in [0.1, 0.15) is 23.7 Å². The predicted octanol–water partition coefficient (Wildman–Crippen LogP) is 5.97. The molecule has 0 saturated carbocycles. The second-order valence-electron chi connectivity index (χ2n) is 7.11. The maximum Gasteiger partial charge on any atom is 0.269 e. The van der Waals surface area contributed by atoms with E-state index in [9.17, 15) is 23.3 Å². The minimum Gasteiger partial charge on any atom is -0.482 e. The molecule has 0 N–H and O–H groups in total. The first-order chi connectivity index (χ1) is 14.8. The van der Waals surface area contributed by atoms with E-state index in [0.717, 1.165) is 24.2 Å². The highest BCUT2D eigenvalue weighted by Gasteiger charge is 2.22. The van der Waals surface area contributed by atoms with Crippen LogP contribution in [-0.4, -0.2) is 18.5 Å². The van der Waals surface area contributed by atoms with Crippen molar-refractivity contribution in [3.63, 3.8) is 0 Å². The van der Waals surface area contributed by atoms with E-state index in [1.54, 1.807) is 43.4 Å². The van der Waals surface area contributed by atoms with E-state index >= 15 is 0 Å². The van der Waals surface area contributed by atoms with Gasteiger partial charge in [0.15, 0.2) is 11.6 Å². The summed E-state index contributed by atoms with van der Waals surface area (Å²) in [5.74, 6) is -3.88. The number of ether oxygens (including phenoxy) is 1. The Bertz CT molecular complexity index is 1060. The molecule has 0 spiro atoms. The van der Waals surface area contributed by atoms with Crippen LogP contribution in [-0.2, 0) is 0 Å². The van der Waals surface area contributed by atoms with Crippen molar-refractivity contribution in [1.82, 2.24) is 0 Å². The number of hydrogen-bond acceptors (Lipinski definition) is 4. The van der Waals surface area contributed by atoms with Gasteiger partial charge in [0.05, 0.1) is 4.92 Å². The first-order valence-corrected chi connectivity index (χ1v) is 9.59. The van der Waals surface area contributed by atoms with Gasteiger partial charge in [0, 0.05) is 49.5 Å². The van der Waals surface area contributed by atoms with Crippen molar-refractivity contribution in [2.75, 3.05) is 18.5 Å². The number of non-ortho nitro benzene ring substituents is 1. The summed E-state index contributed by atoms with van der Waals surface area (Å²) in [5.41, 5.74) is 1.05. The van der Waals surface area contributed by atoms with E-state index in [1.165, 1.54) is 12.1 Å². The molecule has 5 nitrogen and oxygen atoms in total. The van der Waals surface area contributed by atoms with Gasteiger partial charge >= 0.3 is 0 Å². The van der Waals surface area contributed by atoms with Gasteiger partial charge in [-0.15, -0.1) is 0 Å². The summed E-state index contributed by atoms with van der Waals surface area (Å²) >= 11 is 0. The molecule has 0 aromatic heterocycles. The van der Waals surface area contributed by atoms with Crippen molar-refractivity contribution in [3.8, 4) is 5.75 Å². The Kier molecular flexibility index (Phi) is 6.79. The lowest BCUT2D eigenvalue weighted by Gasteiger charge is -2.25. The fraction of sp³-hybridized carbons (Fsp3) is 0.217. The number of hydrogen-bond donors (Lipinski definition) is 0. The van der Waals surface area contributed by atoms with Gasteiger partial charge in [0.1, 0.15) is 11.9 Å². The lowest BCUT2D eigenvalue weighted by Crippen LogP contribution is -2.22. The Labute approximate surface area is 177 Å². The zero-order valence-corrected chi connectivity index (χ0v) is 17.0. The van der Waals surface area contributed by atoms with Gasteiger partial charge < -0.3 is 9.64 Å². The average molecular weight is 430 g/mol. The number of nitro groups is 1. The molecule has 0 radical (unpaired) electrons. The third kappa shape index (κ3) is 5.14. The van der Waals surface area contributed by atoms with Crippen molar-refractivity contribution in [3.05, 3.63) is 99.4 Å². The maximum absolute atomic E-state index is 14.4. The minimum atomic E-state index is -1.27. The van der Waals surface area contributed by atoms with Crippen LogP contribution in [0.25, 0.3) is 0 Å². The zero-order chi connectivity index (χ0) is 22.5. The highest BCUT2D eigenvalue weighted by Crippen LogP contribution is 2.31. The molecule has 162 valence electrons. The topological polar surface area (TPSA) is 55.6 Å². The number of rotatable bonds is 8. The number of halogens is 3. The fourth-order valence-corrected chi connectivity index (χ4v) is 3.13. The first kappa shape index (κ1) is 22.1. The van der Waals surface area contributed by atoms with Crippen LogP contribution >= 0.6 is 0 Å². The summed E-state index contributed by atoms with van der Waals surface area (Å²) < 4.78 is 48.0. The Morgan fingerprint density at radius 3 is 2.29 bits per heavy atom. The molecule has 0 aliphatic heterocycles. The molecule has 31 heavy (non-hydrogen) atoms. The normalized spacial score (nSPS) is 11.8. The Morgan fingerprint density at radius 1 is 1.03 bits per heavy atom. The highest BCUT2D eigenvalue weighted by atomic mass is 19.2. The molecule has 0 aliphatic carbocycles. The lowest BCUT2D eigenvalue weighted by molar-refractivity contribution is -0.384. The molecule has 0 bridgehead atoms. The van der Waals surface area contributed by atoms with Crippen LogP contribution in [0.5, 0.6) is 5.75 Å². The summed E-state index contributed by atoms with van der Waals surface area (Å²) in [6, 6.07) is 15.9. The number of benzene rings is 3. The van der Waals surface area contributed by atoms with E-state index in [4.69, 9.17) is 4.74 Å². The summed E-state index contributed by atoms with van der Waals surface area (Å²) in [6.45, 7) is 1.60. The molecular weight excluding hydrogens is 409 g/mol. The molecule has 0 amide bonds. The molecule has 8 heteroatoms. The summed E-state index contributed by atoms with van der Waals surface area (Å²) in [7, 11) is 1.80. The summed E-state index contributed by atoms with van der Waals surface area (Å²) in [5, 5.41) is 10.8. The second kappa shape index (κ2) is 9.51. The third-order valence-electron chi connectivity index (χ3n) is 5.02. The van der Waals surface area contributed by atoms with Crippen molar-refractivity contribution >= 4 is 11.4 Å². The number of anilines is 1. The highest BCUT2D eigenvalue weighted by molar-refractivity contribution is 5.50. The van der Waals surface area contributed by atoms with Crippen molar-refractivity contribution in [2.45, 2.75) is 19.4 Å². The molecule has 0 heterocycles. The van der Waals surface area contributed by atoms with E-state index in [2.05, 4.69) is 0 Å². The Morgan fingerprint density at radius 2 is 1.68 bits per heavy atom. The van der Waals surface area contributed by atoms with E-state index < -0.39 is 39.8 Å². The second-order valence-corrected chi connectivity index (χ2v) is 7.11. The van der Waals surface area contributed by atoms with Crippen molar-refractivity contribution < 1.29 is 22.8 Å². The van der Waals surface area contributed by atoms with Gasteiger partial charge in [-0.05, 0) is 24.6 Å². The minimum absolute atomic E-state index is 0.0125. The molecular formula is C23H21F3N2O3. The van der Waals surface area contributed by atoms with Gasteiger partial charge in [0.2, 0.25) is 5.82 Å². The predicted molar refractivity (Wildman–Crippen MR) is 112 cm³/mol. The maximum atomic E-state index is 14.4. The van der Waals surface area contributed by atoms with Crippen LogP contribution in [0, 0.1) is 34.5 Å². The molecule has 0 fully saturated rings. The van der Waals surface area contributed by atoms with Crippen LogP contribution in [0.15, 0.2) is 60.7 Å².